The Kier molecular flexibility index (Phi) is 12.1. The molecule has 0 spiro atoms. The van der Waals surface area contributed by atoms with E-state index in [1.165, 1.54) is 24.3 Å². The highest BCUT2D eigenvalue weighted by molar-refractivity contribution is 7.86. The highest BCUT2D eigenvalue weighted by atomic mass is 32.2. The van der Waals surface area contributed by atoms with E-state index in [1.54, 1.807) is 0 Å². The molecule has 0 aliphatic heterocycles. The van der Waals surface area contributed by atoms with Gasteiger partial charge in [0.05, 0.1) is 0 Å². The zero-order valence-corrected chi connectivity index (χ0v) is 29.0. The maximum absolute atomic E-state index is 12.5. The van der Waals surface area contributed by atoms with E-state index in [-0.39, 0.29) is 57.7 Å². The molecule has 0 fully saturated rings. The van der Waals surface area contributed by atoms with Gasteiger partial charge in [-0.05, 0) is 47.6 Å². The van der Waals surface area contributed by atoms with Gasteiger partial charge in [-0.2, -0.15) is 46.7 Å². The van der Waals surface area contributed by atoms with Crippen LogP contribution >= 0.6 is 0 Å². The topological polar surface area (TPSA) is 302 Å². The van der Waals surface area contributed by atoms with Gasteiger partial charge in [-0.3, -0.25) is 49.6 Å². The second kappa shape index (κ2) is 16.5. The average molecular weight is 775 g/mol. The fourth-order valence-corrected chi connectivity index (χ4v) is 5.55. The van der Waals surface area contributed by atoms with Crippen molar-refractivity contribution in [3.05, 3.63) is 98.1 Å². The van der Waals surface area contributed by atoms with Crippen LogP contribution in [0.1, 0.15) is 11.1 Å². The molecule has 2 aromatic carbocycles. The van der Waals surface area contributed by atoms with Crippen molar-refractivity contribution >= 4 is 79.8 Å². The number of carbonyl (C=O) groups excluding carboxylic acids is 4. The molecule has 22 heteroatoms. The summed E-state index contributed by atoms with van der Waals surface area (Å²) in [5.74, 6) is -4.81. The molecule has 0 aliphatic rings. The van der Waals surface area contributed by atoms with Gasteiger partial charge >= 0.3 is 0 Å². The minimum atomic E-state index is -5.00. The molecule has 0 saturated heterocycles. The standard InChI is InChI=1S/C32H26N10O10S2/c1-5-23(43)33-29-37-27(38-30(41-29)34-24(44)6-2)19-13-11-17(21(15-19)53(47,48)49)9-10-18-12-14-20(16-22(18)54(50,51)52)28-39-31(35-25(45)7-3)42-32(40-28)36-26(46)8-4/h5-16H,1-4H2,(H,47,48,49)(H,50,51,52)(H2,33,34,37,38,41,43,44)(H2,35,36,39,40,42,45,46)/b10-9+. The van der Waals surface area contributed by atoms with Crippen molar-refractivity contribution < 1.29 is 45.1 Å². The first kappa shape index (κ1) is 39.6. The number of rotatable bonds is 14. The van der Waals surface area contributed by atoms with Gasteiger partial charge in [-0.1, -0.05) is 62.7 Å². The molecule has 0 bridgehead atoms. The summed E-state index contributed by atoms with van der Waals surface area (Å²) in [4.78, 5) is 70.2. The smallest absolute Gasteiger partial charge is 0.291 e. The van der Waals surface area contributed by atoms with E-state index >= 15 is 0 Å². The summed E-state index contributed by atoms with van der Waals surface area (Å²) in [7, 11) is -9.99. The Morgan fingerprint density at radius 3 is 1.02 bits per heavy atom. The molecule has 276 valence electrons. The van der Waals surface area contributed by atoms with Crippen molar-refractivity contribution in [2.75, 3.05) is 21.3 Å². The molecule has 4 rings (SSSR count). The number of aromatic nitrogens is 6. The summed E-state index contributed by atoms with van der Waals surface area (Å²) in [5.41, 5.74) is -0.441. The molecular formula is C32H26N10O10S2. The molecular weight excluding hydrogens is 749 g/mol. The maximum atomic E-state index is 12.5. The Bertz CT molecular complexity index is 2270. The van der Waals surface area contributed by atoms with Gasteiger partial charge in [0.1, 0.15) is 9.79 Å². The van der Waals surface area contributed by atoms with E-state index in [0.717, 1.165) is 48.6 Å². The Morgan fingerprint density at radius 2 is 0.778 bits per heavy atom. The summed E-state index contributed by atoms with van der Waals surface area (Å²) < 4.78 is 70.3. The Labute approximate surface area is 306 Å². The molecule has 6 N–H and O–H groups in total. The number of hydrogen-bond acceptors (Lipinski definition) is 14. The largest absolute Gasteiger partial charge is 0.295 e. The number of benzene rings is 2. The van der Waals surface area contributed by atoms with Gasteiger partial charge in [-0.25, -0.2) is 0 Å². The Balaban J connectivity index is 1.81. The van der Waals surface area contributed by atoms with Crippen LogP contribution in [-0.2, 0) is 39.4 Å². The quantitative estimate of drug-likeness (QED) is 0.0609. The van der Waals surface area contributed by atoms with E-state index in [1.807, 2.05) is 0 Å². The van der Waals surface area contributed by atoms with Gasteiger partial charge in [0.15, 0.2) is 11.6 Å². The molecule has 2 heterocycles. The van der Waals surface area contributed by atoms with Crippen LogP contribution in [0, 0.1) is 0 Å². The Morgan fingerprint density at radius 1 is 0.500 bits per heavy atom. The molecule has 0 aliphatic carbocycles. The van der Waals surface area contributed by atoms with Gasteiger partial charge in [-0.15, -0.1) is 0 Å². The first-order valence-corrected chi connectivity index (χ1v) is 17.5. The van der Waals surface area contributed by atoms with Crippen LogP contribution in [0.3, 0.4) is 0 Å². The van der Waals surface area contributed by atoms with Crippen molar-refractivity contribution in [2.45, 2.75) is 9.79 Å². The van der Waals surface area contributed by atoms with Crippen molar-refractivity contribution in [1.82, 2.24) is 29.9 Å². The molecule has 20 nitrogen and oxygen atoms in total. The van der Waals surface area contributed by atoms with Gasteiger partial charge in [0, 0.05) is 11.1 Å². The molecule has 54 heavy (non-hydrogen) atoms. The number of hydrogen-bond donors (Lipinski definition) is 6. The first-order chi connectivity index (χ1) is 25.4. The van der Waals surface area contributed by atoms with E-state index in [9.17, 15) is 45.1 Å². The van der Waals surface area contributed by atoms with Crippen LogP contribution in [0.4, 0.5) is 23.8 Å². The van der Waals surface area contributed by atoms with Crippen LogP contribution in [0.5, 0.6) is 0 Å². The zero-order chi connectivity index (χ0) is 39.8. The highest BCUT2D eigenvalue weighted by Crippen LogP contribution is 2.29. The summed E-state index contributed by atoms with van der Waals surface area (Å²) in [6.07, 6.45) is 5.90. The zero-order valence-electron chi connectivity index (χ0n) is 27.4. The monoisotopic (exact) mass is 774 g/mol. The number of nitrogens with zero attached hydrogens (tertiary/aromatic N) is 6. The molecule has 0 atom stereocenters. The predicted molar refractivity (Wildman–Crippen MR) is 194 cm³/mol. The summed E-state index contributed by atoms with van der Waals surface area (Å²) >= 11 is 0. The number of anilines is 4. The number of carbonyl (C=O) groups is 4. The lowest BCUT2D eigenvalue weighted by Gasteiger charge is -2.11. The highest BCUT2D eigenvalue weighted by Gasteiger charge is 2.21. The second-order valence-electron chi connectivity index (χ2n) is 10.2. The van der Waals surface area contributed by atoms with Crippen LogP contribution < -0.4 is 21.3 Å². The van der Waals surface area contributed by atoms with Crippen LogP contribution in [-0.4, -0.2) is 79.5 Å². The van der Waals surface area contributed by atoms with E-state index in [4.69, 9.17) is 0 Å². The van der Waals surface area contributed by atoms with Crippen molar-refractivity contribution in [2.24, 2.45) is 0 Å². The van der Waals surface area contributed by atoms with Gasteiger partial charge in [0.25, 0.3) is 20.2 Å². The third kappa shape index (κ3) is 10.2. The minimum Gasteiger partial charge on any atom is -0.291 e. The molecule has 4 aromatic rings. The number of nitrogens with one attached hydrogen (secondary N) is 4. The minimum absolute atomic E-state index is 0.0435. The van der Waals surface area contributed by atoms with Crippen LogP contribution in [0.25, 0.3) is 34.9 Å². The van der Waals surface area contributed by atoms with E-state index < -0.39 is 53.7 Å². The van der Waals surface area contributed by atoms with E-state index in [0.29, 0.717) is 0 Å². The maximum Gasteiger partial charge on any atom is 0.295 e. The fourth-order valence-electron chi connectivity index (χ4n) is 4.13. The fraction of sp³-hybridized carbons (Fsp3) is 0. The van der Waals surface area contributed by atoms with Gasteiger partial charge in [0.2, 0.25) is 47.4 Å². The number of amides is 4. The molecule has 0 saturated carbocycles. The Hall–Kier alpha value is -7.14. The first-order valence-electron chi connectivity index (χ1n) is 14.6. The van der Waals surface area contributed by atoms with Crippen LogP contribution in [0.2, 0.25) is 0 Å². The lowest BCUT2D eigenvalue weighted by atomic mass is 10.1. The normalized spacial score (nSPS) is 11.2. The average Bonchev–Trinajstić information content (AvgIpc) is 3.12. The molecule has 4 amide bonds. The SMILES string of the molecule is C=CC(=O)Nc1nc(NC(=O)C=C)nc(-c2ccc(/C=C/c3ccc(-c4nc(NC(=O)C=C)nc(NC(=O)C=C)n4)cc3S(=O)(=O)O)c(S(=O)(=O)O)c2)n1. The van der Waals surface area contributed by atoms with Gasteiger partial charge < -0.3 is 0 Å². The predicted octanol–water partition coefficient (Wildman–Crippen LogP) is 2.55. The summed E-state index contributed by atoms with van der Waals surface area (Å²) in [6, 6.07) is 6.94. The lowest BCUT2D eigenvalue weighted by molar-refractivity contribution is -0.112. The third-order valence-electron chi connectivity index (χ3n) is 6.49. The lowest BCUT2D eigenvalue weighted by Crippen LogP contribution is -2.16. The van der Waals surface area contributed by atoms with Crippen molar-refractivity contribution in [3.63, 3.8) is 0 Å². The summed E-state index contributed by atoms with van der Waals surface area (Å²) in [6.45, 7) is 13.3. The van der Waals surface area contributed by atoms with Crippen LogP contribution in [0.15, 0.2) is 96.8 Å². The van der Waals surface area contributed by atoms with Crippen molar-refractivity contribution in [1.29, 1.82) is 0 Å². The summed E-state index contributed by atoms with van der Waals surface area (Å²) in [5, 5.41) is 9.16. The molecule has 0 unspecified atom stereocenters. The third-order valence-corrected chi connectivity index (χ3v) is 8.31. The van der Waals surface area contributed by atoms with Crippen molar-refractivity contribution in [3.8, 4) is 22.8 Å². The second-order valence-corrected chi connectivity index (χ2v) is 13.0. The molecule has 0 radical (unpaired) electrons. The van der Waals surface area contributed by atoms with E-state index in [2.05, 4.69) is 77.5 Å². The molecule has 2 aromatic heterocycles.